The maximum absolute atomic E-state index is 13.6. The Hall–Kier alpha value is -0.810. The maximum Gasteiger partial charge on any atom is 0.169 e. The van der Waals surface area contributed by atoms with Crippen LogP contribution in [-0.2, 0) is 0 Å². The summed E-state index contributed by atoms with van der Waals surface area (Å²) in [6, 6.07) is 8.39. The van der Waals surface area contributed by atoms with E-state index >= 15 is 0 Å². The molecule has 5 heteroatoms. The Bertz CT molecular complexity index is 507. The highest BCUT2D eigenvalue weighted by atomic mass is 79.9. The summed E-state index contributed by atoms with van der Waals surface area (Å²) in [4.78, 5) is 0. The molecule has 0 aliphatic carbocycles. The lowest BCUT2D eigenvalue weighted by Gasteiger charge is -2.14. The zero-order valence-electron chi connectivity index (χ0n) is 9.01. The van der Waals surface area contributed by atoms with Gasteiger partial charge in [-0.05, 0) is 63.0 Å². The molecular weight excluding hydrogens is 353 g/mol. The Morgan fingerprint density at radius 3 is 2.59 bits per heavy atom. The summed E-state index contributed by atoms with van der Waals surface area (Å²) in [5.74, 6) is 0.448. The van der Waals surface area contributed by atoms with Crippen molar-refractivity contribution in [3.63, 3.8) is 0 Å². The maximum atomic E-state index is 13.6. The lowest BCUT2D eigenvalue weighted by molar-refractivity contribution is 0.470. The molecule has 0 spiro atoms. The predicted octanol–water partition coefficient (Wildman–Crippen LogP) is 5.12. The Morgan fingerprint density at radius 2 is 2.00 bits per heavy atom. The minimum absolute atomic E-state index is 0.116. The van der Waals surface area contributed by atoms with Gasteiger partial charge in [0.2, 0.25) is 0 Å². The third-order valence-electron chi connectivity index (χ3n) is 2.34. The van der Waals surface area contributed by atoms with Crippen molar-refractivity contribution >= 4 is 37.5 Å². The Morgan fingerprint density at radius 1 is 1.24 bits per heavy atom. The average Bonchev–Trinajstić information content (AvgIpc) is 2.70. The van der Waals surface area contributed by atoms with Gasteiger partial charge in [0.15, 0.2) is 4.67 Å². The smallest absolute Gasteiger partial charge is 0.169 e. The van der Waals surface area contributed by atoms with E-state index in [0.717, 1.165) is 5.76 Å². The zero-order chi connectivity index (χ0) is 12.4. The lowest BCUT2D eigenvalue weighted by Crippen LogP contribution is -2.07. The van der Waals surface area contributed by atoms with Gasteiger partial charge in [-0.25, -0.2) is 4.39 Å². The van der Waals surface area contributed by atoms with E-state index in [1.165, 1.54) is 6.07 Å². The van der Waals surface area contributed by atoms with Crippen LogP contribution in [0.5, 0.6) is 0 Å². The number of hydrogen-bond acceptors (Lipinski definition) is 2. The molecule has 1 atom stereocenters. The van der Waals surface area contributed by atoms with Crippen molar-refractivity contribution in [3.8, 4) is 0 Å². The minimum Gasteiger partial charge on any atom is -0.452 e. The highest BCUT2D eigenvalue weighted by molar-refractivity contribution is 9.10. The third-order valence-corrected chi connectivity index (χ3v) is 3.43. The van der Waals surface area contributed by atoms with Gasteiger partial charge in [-0.3, -0.25) is 0 Å². The summed E-state index contributed by atoms with van der Waals surface area (Å²) in [6.45, 7) is 1.91. The molecule has 0 saturated carbocycles. The van der Waals surface area contributed by atoms with Crippen molar-refractivity contribution in [2.45, 2.75) is 13.0 Å². The predicted molar refractivity (Wildman–Crippen MR) is 72.5 cm³/mol. The van der Waals surface area contributed by atoms with Crippen LogP contribution in [0.3, 0.4) is 0 Å². The lowest BCUT2D eigenvalue weighted by atomic mass is 10.2. The standard InChI is InChI=1S/C12H10Br2FNO/c1-7(10-5-6-11(14)17-10)16-12-8(13)3-2-4-9(12)15/h2-7,16H,1H3. The van der Waals surface area contributed by atoms with Crippen molar-refractivity contribution in [2.75, 3.05) is 5.32 Å². The topological polar surface area (TPSA) is 25.2 Å². The van der Waals surface area contributed by atoms with Gasteiger partial charge >= 0.3 is 0 Å². The fourth-order valence-corrected chi connectivity index (χ4v) is 2.26. The third kappa shape index (κ3) is 2.90. The van der Waals surface area contributed by atoms with Crippen molar-refractivity contribution in [3.05, 3.63) is 51.1 Å². The summed E-state index contributed by atoms with van der Waals surface area (Å²) in [5, 5.41) is 3.07. The summed E-state index contributed by atoms with van der Waals surface area (Å²) >= 11 is 6.55. The highest BCUT2D eigenvalue weighted by Crippen LogP contribution is 2.30. The van der Waals surface area contributed by atoms with E-state index in [0.29, 0.717) is 14.8 Å². The van der Waals surface area contributed by atoms with Gasteiger partial charge in [0.05, 0.1) is 11.7 Å². The van der Waals surface area contributed by atoms with Crippen molar-refractivity contribution in [1.82, 2.24) is 0 Å². The molecule has 0 fully saturated rings. The number of para-hydroxylation sites is 1. The van der Waals surface area contributed by atoms with Crippen LogP contribution in [0.1, 0.15) is 18.7 Å². The van der Waals surface area contributed by atoms with Gasteiger partial charge in [0, 0.05) is 4.47 Å². The zero-order valence-corrected chi connectivity index (χ0v) is 12.2. The van der Waals surface area contributed by atoms with Crippen molar-refractivity contribution in [1.29, 1.82) is 0 Å². The minimum atomic E-state index is -0.295. The molecule has 2 rings (SSSR count). The number of furan rings is 1. The van der Waals surface area contributed by atoms with Crippen LogP contribution in [0.2, 0.25) is 0 Å². The van der Waals surface area contributed by atoms with Crippen molar-refractivity contribution in [2.24, 2.45) is 0 Å². The van der Waals surface area contributed by atoms with E-state index in [4.69, 9.17) is 4.42 Å². The van der Waals surface area contributed by atoms with E-state index < -0.39 is 0 Å². The summed E-state index contributed by atoms with van der Waals surface area (Å²) in [7, 11) is 0. The van der Waals surface area contributed by atoms with Crippen LogP contribution in [0, 0.1) is 5.82 Å². The number of nitrogens with one attached hydrogen (secondary N) is 1. The quantitative estimate of drug-likeness (QED) is 0.819. The van der Waals surface area contributed by atoms with Crippen LogP contribution in [-0.4, -0.2) is 0 Å². The molecule has 17 heavy (non-hydrogen) atoms. The van der Waals surface area contributed by atoms with E-state index in [1.54, 1.807) is 12.1 Å². The molecule has 0 radical (unpaired) electrons. The molecular formula is C12H10Br2FNO. The summed E-state index contributed by atoms with van der Waals surface area (Å²) in [6.07, 6.45) is 0. The van der Waals surface area contributed by atoms with Crippen molar-refractivity contribution < 1.29 is 8.81 Å². The first-order valence-corrected chi connectivity index (χ1v) is 6.62. The van der Waals surface area contributed by atoms with E-state index in [2.05, 4.69) is 37.2 Å². The Labute approximate surface area is 115 Å². The second-order valence-electron chi connectivity index (χ2n) is 3.60. The van der Waals surface area contributed by atoms with Crippen LogP contribution < -0.4 is 5.32 Å². The molecule has 1 aromatic heterocycles. The molecule has 90 valence electrons. The molecule has 0 aliphatic rings. The van der Waals surface area contributed by atoms with E-state index in [-0.39, 0.29) is 11.9 Å². The van der Waals surface area contributed by atoms with Gasteiger partial charge in [-0.2, -0.15) is 0 Å². The Balaban J connectivity index is 2.21. The number of benzene rings is 1. The van der Waals surface area contributed by atoms with Gasteiger partial charge < -0.3 is 9.73 Å². The first-order chi connectivity index (χ1) is 8.08. The van der Waals surface area contributed by atoms with Gasteiger partial charge in [-0.15, -0.1) is 0 Å². The monoisotopic (exact) mass is 361 g/mol. The van der Waals surface area contributed by atoms with E-state index in [9.17, 15) is 4.39 Å². The summed E-state index contributed by atoms with van der Waals surface area (Å²) in [5.41, 5.74) is 0.438. The first kappa shape index (κ1) is 12.6. The SMILES string of the molecule is CC(Nc1c(F)cccc1Br)c1ccc(Br)o1. The number of rotatable bonds is 3. The molecule has 2 nitrogen and oxygen atoms in total. The number of hydrogen-bond donors (Lipinski definition) is 1. The van der Waals surface area contributed by atoms with Crippen LogP contribution >= 0.6 is 31.9 Å². The molecule has 1 heterocycles. The second kappa shape index (κ2) is 5.23. The molecule has 0 bridgehead atoms. The van der Waals surface area contributed by atoms with Crippen LogP contribution in [0.15, 0.2) is 43.9 Å². The normalized spacial score (nSPS) is 12.5. The van der Waals surface area contributed by atoms with Gasteiger partial charge in [-0.1, -0.05) is 6.07 Å². The largest absolute Gasteiger partial charge is 0.452 e. The Kier molecular flexibility index (Phi) is 3.89. The van der Waals surface area contributed by atoms with E-state index in [1.807, 2.05) is 19.1 Å². The van der Waals surface area contributed by atoms with Crippen LogP contribution in [0.4, 0.5) is 10.1 Å². The second-order valence-corrected chi connectivity index (χ2v) is 5.24. The average molecular weight is 363 g/mol. The molecule has 0 amide bonds. The molecule has 1 unspecified atom stereocenters. The van der Waals surface area contributed by atoms with Gasteiger partial charge in [0.1, 0.15) is 11.6 Å². The molecule has 1 N–H and O–H groups in total. The molecule has 2 aromatic rings. The van der Waals surface area contributed by atoms with Crippen LogP contribution in [0.25, 0.3) is 0 Å². The first-order valence-electron chi connectivity index (χ1n) is 5.03. The fourth-order valence-electron chi connectivity index (χ4n) is 1.48. The highest BCUT2D eigenvalue weighted by Gasteiger charge is 2.13. The summed E-state index contributed by atoms with van der Waals surface area (Å²) < 4.78 is 20.4. The van der Waals surface area contributed by atoms with Gasteiger partial charge in [0.25, 0.3) is 0 Å². The molecule has 0 aliphatic heterocycles. The number of halogens is 3. The fraction of sp³-hybridized carbons (Fsp3) is 0.167. The molecule has 1 aromatic carbocycles. The molecule has 0 saturated heterocycles. The number of anilines is 1.